The highest BCUT2D eigenvalue weighted by Crippen LogP contribution is 2.33. The number of aromatic nitrogens is 2. The summed E-state index contributed by atoms with van der Waals surface area (Å²) in [5, 5.41) is 0. The van der Waals surface area contributed by atoms with Crippen LogP contribution in [-0.2, 0) is 27.8 Å². The Bertz CT molecular complexity index is 1270. The zero-order chi connectivity index (χ0) is 23.8. The summed E-state index contributed by atoms with van der Waals surface area (Å²) >= 11 is 0. The fourth-order valence-electron chi connectivity index (χ4n) is 4.53. The number of likely N-dealkylation sites (tertiary alicyclic amines) is 1. The zero-order valence-corrected chi connectivity index (χ0v) is 20.0. The van der Waals surface area contributed by atoms with Crippen LogP contribution in [0.3, 0.4) is 0 Å². The summed E-state index contributed by atoms with van der Waals surface area (Å²) < 4.78 is 41.5. The van der Waals surface area contributed by atoms with Crippen molar-refractivity contribution < 1.29 is 17.6 Å². The summed E-state index contributed by atoms with van der Waals surface area (Å²) in [5.41, 5.74) is 2.41. The molecule has 0 aliphatic carbocycles. The maximum atomic E-state index is 13.3. The lowest BCUT2D eigenvalue weighted by molar-refractivity contribution is -0.132. The molecule has 0 N–H and O–H groups in total. The van der Waals surface area contributed by atoms with Crippen LogP contribution in [0.1, 0.15) is 43.6 Å². The monoisotopic (exact) mass is 472 g/mol. The van der Waals surface area contributed by atoms with Gasteiger partial charge in [0.25, 0.3) is 0 Å². The number of amides is 1. The van der Waals surface area contributed by atoms with Crippen molar-refractivity contribution in [1.29, 1.82) is 0 Å². The molecule has 1 unspecified atom stereocenters. The van der Waals surface area contributed by atoms with E-state index in [-0.39, 0.29) is 22.7 Å². The molecule has 1 aromatic heterocycles. The van der Waals surface area contributed by atoms with Gasteiger partial charge in [0.15, 0.2) is 0 Å². The molecule has 0 bridgehead atoms. The first-order chi connectivity index (χ1) is 15.7. The molecule has 4 rings (SSSR count). The number of benzene rings is 2. The van der Waals surface area contributed by atoms with Crippen molar-refractivity contribution in [1.82, 2.24) is 18.8 Å². The van der Waals surface area contributed by atoms with E-state index in [2.05, 4.69) is 4.98 Å². The third kappa shape index (κ3) is 4.52. The van der Waals surface area contributed by atoms with Gasteiger partial charge in [-0.3, -0.25) is 4.79 Å². The Morgan fingerprint density at radius 3 is 2.58 bits per heavy atom. The molecule has 3 aromatic rings. The molecule has 33 heavy (non-hydrogen) atoms. The van der Waals surface area contributed by atoms with Crippen molar-refractivity contribution in [2.75, 3.05) is 20.6 Å². The third-order valence-corrected chi connectivity index (χ3v) is 8.10. The number of rotatable bonds is 7. The van der Waals surface area contributed by atoms with Gasteiger partial charge in [0.1, 0.15) is 11.6 Å². The summed E-state index contributed by atoms with van der Waals surface area (Å²) in [6.45, 7) is 3.36. The molecule has 7 nitrogen and oxygen atoms in total. The van der Waals surface area contributed by atoms with Crippen LogP contribution in [0.15, 0.2) is 47.4 Å². The van der Waals surface area contributed by atoms with E-state index >= 15 is 0 Å². The summed E-state index contributed by atoms with van der Waals surface area (Å²) in [7, 11) is -0.553. The smallest absolute Gasteiger partial charge is 0.242 e. The van der Waals surface area contributed by atoms with Gasteiger partial charge in [0, 0.05) is 40.0 Å². The molecule has 2 heterocycles. The van der Waals surface area contributed by atoms with Crippen LogP contribution < -0.4 is 0 Å². The molecular weight excluding hydrogens is 443 g/mol. The predicted molar refractivity (Wildman–Crippen MR) is 125 cm³/mol. The van der Waals surface area contributed by atoms with Crippen molar-refractivity contribution in [3.8, 4) is 0 Å². The molecule has 176 valence electrons. The van der Waals surface area contributed by atoms with Gasteiger partial charge in [-0.15, -0.1) is 0 Å². The SMILES string of the molecule is CCn1c(CCC(=O)N2CCCC2c2ccc(F)cc2)nc2cc(S(=O)(=O)N(C)C)ccc21. The molecular formula is C24H29FN4O3S. The number of hydrogen-bond donors (Lipinski definition) is 0. The van der Waals surface area contributed by atoms with Gasteiger partial charge >= 0.3 is 0 Å². The molecule has 1 atom stereocenters. The molecule has 0 spiro atoms. The van der Waals surface area contributed by atoms with Crippen LogP contribution in [0.5, 0.6) is 0 Å². The fourth-order valence-corrected chi connectivity index (χ4v) is 5.46. The first-order valence-corrected chi connectivity index (χ1v) is 12.6. The summed E-state index contributed by atoms with van der Waals surface area (Å²) in [6.07, 6.45) is 2.56. The Morgan fingerprint density at radius 1 is 1.18 bits per heavy atom. The van der Waals surface area contributed by atoms with E-state index in [1.807, 2.05) is 16.4 Å². The average Bonchev–Trinajstić information content (AvgIpc) is 3.41. The van der Waals surface area contributed by atoms with Crippen LogP contribution in [0, 0.1) is 5.82 Å². The van der Waals surface area contributed by atoms with Crippen LogP contribution >= 0.6 is 0 Å². The van der Waals surface area contributed by atoms with E-state index in [0.29, 0.717) is 31.4 Å². The molecule has 1 fully saturated rings. The Morgan fingerprint density at radius 2 is 1.91 bits per heavy atom. The number of sulfonamides is 1. The fraction of sp³-hybridized carbons (Fsp3) is 0.417. The number of aryl methyl sites for hydroxylation is 2. The van der Waals surface area contributed by atoms with Gasteiger partial charge in [-0.1, -0.05) is 12.1 Å². The number of carbonyl (C=O) groups is 1. The van der Waals surface area contributed by atoms with Crippen molar-refractivity contribution >= 4 is 27.0 Å². The predicted octanol–water partition coefficient (Wildman–Crippen LogP) is 3.74. The van der Waals surface area contributed by atoms with E-state index in [0.717, 1.165) is 29.7 Å². The minimum Gasteiger partial charge on any atom is -0.336 e. The number of halogens is 1. The topological polar surface area (TPSA) is 75.5 Å². The minimum atomic E-state index is -3.55. The highest BCUT2D eigenvalue weighted by Gasteiger charge is 2.30. The lowest BCUT2D eigenvalue weighted by Gasteiger charge is -2.25. The van der Waals surface area contributed by atoms with Crippen LogP contribution in [0.25, 0.3) is 11.0 Å². The van der Waals surface area contributed by atoms with E-state index in [4.69, 9.17) is 0 Å². The largest absolute Gasteiger partial charge is 0.336 e. The van der Waals surface area contributed by atoms with Gasteiger partial charge in [0.2, 0.25) is 15.9 Å². The lowest BCUT2D eigenvalue weighted by atomic mass is 10.0. The van der Waals surface area contributed by atoms with Gasteiger partial charge in [-0.25, -0.2) is 22.1 Å². The van der Waals surface area contributed by atoms with Crippen LogP contribution in [0.2, 0.25) is 0 Å². The summed E-state index contributed by atoms with van der Waals surface area (Å²) in [5.74, 6) is 0.528. The van der Waals surface area contributed by atoms with E-state index < -0.39 is 10.0 Å². The van der Waals surface area contributed by atoms with Crippen LogP contribution in [-0.4, -0.2) is 53.7 Å². The molecule has 2 aromatic carbocycles. The Balaban J connectivity index is 1.53. The second kappa shape index (κ2) is 9.23. The van der Waals surface area contributed by atoms with Gasteiger partial charge in [-0.05, 0) is 55.7 Å². The van der Waals surface area contributed by atoms with E-state index in [9.17, 15) is 17.6 Å². The minimum absolute atomic E-state index is 0.0260. The summed E-state index contributed by atoms with van der Waals surface area (Å²) in [6, 6.07) is 11.3. The molecule has 1 aliphatic heterocycles. The third-order valence-electron chi connectivity index (χ3n) is 6.28. The van der Waals surface area contributed by atoms with Gasteiger partial charge in [0.05, 0.1) is 22.0 Å². The average molecular weight is 473 g/mol. The zero-order valence-electron chi connectivity index (χ0n) is 19.2. The normalized spacial score (nSPS) is 16.8. The van der Waals surface area contributed by atoms with E-state index in [1.165, 1.54) is 30.5 Å². The maximum Gasteiger partial charge on any atom is 0.242 e. The number of hydrogen-bond acceptors (Lipinski definition) is 4. The number of carbonyl (C=O) groups excluding carboxylic acids is 1. The second-order valence-corrected chi connectivity index (χ2v) is 10.7. The Kier molecular flexibility index (Phi) is 6.54. The highest BCUT2D eigenvalue weighted by molar-refractivity contribution is 7.89. The Hall–Kier alpha value is -2.78. The highest BCUT2D eigenvalue weighted by atomic mass is 32.2. The first kappa shape index (κ1) is 23.4. The van der Waals surface area contributed by atoms with Crippen molar-refractivity contribution in [3.63, 3.8) is 0 Å². The maximum absolute atomic E-state index is 13.3. The Labute approximate surface area is 193 Å². The number of imidazole rings is 1. The molecule has 1 saturated heterocycles. The number of nitrogens with zero attached hydrogens (tertiary/aromatic N) is 4. The quantitative estimate of drug-likeness (QED) is 0.525. The molecule has 0 radical (unpaired) electrons. The summed E-state index contributed by atoms with van der Waals surface area (Å²) in [4.78, 5) is 19.8. The van der Waals surface area contributed by atoms with E-state index in [1.54, 1.807) is 30.3 Å². The van der Waals surface area contributed by atoms with Crippen molar-refractivity contribution in [2.45, 2.75) is 50.1 Å². The standard InChI is InChI=1S/C24H29FN4O3S/c1-4-28-22-12-11-19(33(31,32)27(2)3)16-20(22)26-23(28)13-14-24(30)29-15-5-6-21(29)17-7-9-18(25)10-8-17/h7-12,16,21H,4-6,13-15H2,1-3H3. The molecule has 1 aliphatic rings. The van der Waals surface area contributed by atoms with Gasteiger partial charge < -0.3 is 9.47 Å². The number of fused-ring (bicyclic) bond motifs is 1. The van der Waals surface area contributed by atoms with Crippen LogP contribution in [0.4, 0.5) is 4.39 Å². The lowest BCUT2D eigenvalue weighted by Crippen LogP contribution is -2.30. The molecule has 9 heteroatoms. The van der Waals surface area contributed by atoms with Crippen molar-refractivity contribution in [3.05, 3.63) is 59.7 Å². The molecule has 1 amide bonds. The van der Waals surface area contributed by atoms with Crippen molar-refractivity contribution in [2.24, 2.45) is 0 Å². The first-order valence-electron chi connectivity index (χ1n) is 11.2. The molecule has 0 saturated carbocycles. The second-order valence-electron chi connectivity index (χ2n) is 8.51. The van der Waals surface area contributed by atoms with Gasteiger partial charge in [-0.2, -0.15) is 0 Å².